The Morgan fingerprint density at radius 2 is 1.70 bits per heavy atom. The molecule has 2 rings (SSSR count). The molecule has 0 aliphatic carbocycles. The van der Waals surface area contributed by atoms with E-state index in [9.17, 15) is 15.2 Å². The Balaban J connectivity index is 2.38. The highest BCUT2D eigenvalue weighted by Gasteiger charge is 2.13. The van der Waals surface area contributed by atoms with Gasteiger partial charge in [-0.25, -0.2) is 0 Å². The van der Waals surface area contributed by atoms with Gasteiger partial charge in [0.25, 0.3) is 5.69 Å². The number of hydrogen-bond donors (Lipinski definition) is 2. The average Bonchev–Trinajstić information content (AvgIpc) is 2.38. The Labute approximate surface area is 114 Å². The van der Waals surface area contributed by atoms with E-state index in [1.54, 1.807) is 13.0 Å². The van der Waals surface area contributed by atoms with Crippen LogP contribution in [0.25, 0.3) is 0 Å². The van der Waals surface area contributed by atoms with E-state index in [1.807, 2.05) is 0 Å². The number of azo groups is 1. The zero-order valence-electron chi connectivity index (χ0n) is 10.5. The fourth-order valence-corrected chi connectivity index (χ4v) is 1.57. The molecule has 102 valence electrons. The zero-order chi connectivity index (χ0) is 14.7. The normalized spacial score (nSPS) is 10.8. The van der Waals surface area contributed by atoms with Crippen LogP contribution in [0.3, 0.4) is 0 Å². The molecule has 0 aromatic heterocycles. The first kappa shape index (κ1) is 13.5. The number of nitro benzene ring substituents is 1. The molecule has 0 heterocycles. The summed E-state index contributed by atoms with van der Waals surface area (Å²) in [5, 5.41) is 37.1. The van der Waals surface area contributed by atoms with Crippen LogP contribution in [-0.2, 0) is 0 Å². The topological polar surface area (TPSA) is 108 Å². The standard InChI is InChI=1S/C13H11N3O4/c1-8-2-4-10(12(6-8)16(19)20)14-15-11-5-3-9(17)7-13(11)18/h2-7,17-18H,1H3. The monoisotopic (exact) mass is 273 g/mol. The van der Waals surface area contributed by atoms with Gasteiger partial charge in [-0.2, -0.15) is 0 Å². The quantitative estimate of drug-likeness (QED) is 0.504. The fraction of sp³-hybridized carbons (Fsp3) is 0.0769. The number of aromatic hydroxyl groups is 2. The smallest absolute Gasteiger partial charge is 0.296 e. The second kappa shape index (κ2) is 5.35. The number of nitro groups is 1. The number of phenolic OH excluding ortho intramolecular Hbond substituents is 2. The highest BCUT2D eigenvalue weighted by atomic mass is 16.6. The molecular weight excluding hydrogens is 262 g/mol. The van der Waals surface area contributed by atoms with Gasteiger partial charge in [-0.3, -0.25) is 10.1 Å². The van der Waals surface area contributed by atoms with Crippen molar-refractivity contribution in [2.75, 3.05) is 0 Å². The van der Waals surface area contributed by atoms with E-state index in [0.29, 0.717) is 0 Å². The zero-order valence-corrected chi connectivity index (χ0v) is 10.5. The summed E-state index contributed by atoms with van der Waals surface area (Å²) in [5.74, 6) is -0.369. The Hall–Kier alpha value is -2.96. The van der Waals surface area contributed by atoms with Gasteiger partial charge in [0.15, 0.2) is 5.69 Å². The van der Waals surface area contributed by atoms with Crippen LogP contribution in [0.4, 0.5) is 17.1 Å². The largest absolute Gasteiger partial charge is 0.508 e. The molecule has 0 unspecified atom stereocenters. The van der Waals surface area contributed by atoms with Gasteiger partial charge in [0.2, 0.25) is 0 Å². The first-order valence-electron chi connectivity index (χ1n) is 5.66. The molecule has 2 N–H and O–H groups in total. The molecule has 0 saturated heterocycles. The minimum absolute atomic E-state index is 0.0908. The molecule has 0 radical (unpaired) electrons. The lowest BCUT2D eigenvalue weighted by Crippen LogP contribution is -1.88. The van der Waals surface area contributed by atoms with Gasteiger partial charge in [0.05, 0.1) is 4.92 Å². The molecule has 2 aromatic carbocycles. The van der Waals surface area contributed by atoms with Crippen LogP contribution < -0.4 is 0 Å². The van der Waals surface area contributed by atoms with Crippen LogP contribution in [0.5, 0.6) is 11.5 Å². The predicted octanol–water partition coefficient (Wildman–Crippen LogP) is 3.73. The minimum atomic E-state index is -0.544. The maximum atomic E-state index is 10.9. The summed E-state index contributed by atoms with van der Waals surface area (Å²) in [6.45, 7) is 1.74. The SMILES string of the molecule is Cc1ccc(N=Nc2ccc(O)cc2O)c([N+](=O)[O-])c1. The number of nitrogens with zero attached hydrogens (tertiary/aromatic N) is 3. The van der Waals surface area contributed by atoms with Gasteiger partial charge in [-0.15, -0.1) is 10.2 Å². The molecule has 20 heavy (non-hydrogen) atoms. The molecule has 0 saturated carbocycles. The number of benzene rings is 2. The summed E-state index contributed by atoms with van der Waals surface area (Å²) in [6.07, 6.45) is 0. The molecule has 0 aliphatic rings. The van der Waals surface area contributed by atoms with Crippen molar-refractivity contribution >= 4 is 17.1 Å². The predicted molar refractivity (Wildman–Crippen MR) is 71.8 cm³/mol. The van der Waals surface area contributed by atoms with E-state index >= 15 is 0 Å². The van der Waals surface area contributed by atoms with Crippen LogP contribution in [0, 0.1) is 17.0 Å². The first-order valence-corrected chi connectivity index (χ1v) is 5.66. The Morgan fingerprint density at radius 3 is 2.35 bits per heavy atom. The molecule has 7 heteroatoms. The highest BCUT2D eigenvalue weighted by molar-refractivity contribution is 5.59. The number of phenols is 2. The lowest BCUT2D eigenvalue weighted by molar-refractivity contribution is -0.384. The first-order chi connectivity index (χ1) is 9.47. The number of hydrogen-bond acceptors (Lipinski definition) is 6. The Kier molecular flexibility index (Phi) is 3.60. The van der Waals surface area contributed by atoms with Crippen LogP contribution in [-0.4, -0.2) is 15.1 Å². The van der Waals surface area contributed by atoms with Crippen LogP contribution in [0.15, 0.2) is 46.6 Å². The van der Waals surface area contributed by atoms with Crippen LogP contribution in [0.2, 0.25) is 0 Å². The second-order valence-corrected chi connectivity index (χ2v) is 4.12. The van der Waals surface area contributed by atoms with E-state index in [-0.39, 0.29) is 28.6 Å². The van der Waals surface area contributed by atoms with Gasteiger partial charge in [-0.1, -0.05) is 6.07 Å². The van der Waals surface area contributed by atoms with Crippen molar-refractivity contribution in [3.63, 3.8) is 0 Å². The Bertz CT molecular complexity index is 698. The van der Waals surface area contributed by atoms with Crippen molar-refractivity contribution in [1.82, 2.24) is 0 Å². The van der Waals surface area contributed by atoms with Crippen molar-refractivity contribution in [2.45, 2.75) is 6.92 Å². The van der Waals surface area contributed by atoms with E-state index in [2.05, 4.69) is 10.2 Å². The molecular formula is C13H11N3O4. The maximum absolute atomic E-state index is 10.9. The van der Waals surface area contributed by atoms with Gasteiger partial charge in [-0.05, 0) is 30.7 Å². The number of rotatable bonds is 3. The van der Waals surface area contributed by atoms with Gasteiger partial charge >= 0.3 is 0 Å². The van der Waals surface area contributed by atoms with Crippen molar-refractivity contribution in [3.8, 4) is 11.5 Å². The van der Waals surface area contributed by atoms with Gasteiger partial charge in [0, 0.05) is 12.1 Å². The Morgan fingerprint density at radius 1 is 1.05 bits per heavy atom. The van der Waals surface area contributed by atoms with E-state index in [4.69, 9.17) is 5.11 Å². The van der Waals surface area contributed by atoms with Gasteiger partial charge < -0.3 is 10.2 Å². The molecule has 7 nitrogen and oxygen atoms in total. The van der Waals surface area contributed by atoms with Crippen molar-refractivity contribution in [2.24, 2.45) is 10.2 Å². The summed E-state index contributed by atoms with van der Waals surface area (Å²) in [7, 11) is 0. The third-order valence-corrected chi connectivity index (χ3v) is 2.55. The van der Waals surface area contributed by atoms with Crippen LogP contribution in [0.1, 0.15) is 5.56 Å². The maximum Gasteiger partial charge on any atom is 0.296 e. The van der Waals surface area contributed by atoms with Crippen molar-refractivity contribution in [1.29, 1.82) is 0 Å². The summed E-state index contributed by atoms with van der Waals surface area (Å²) in [5.41, 5.74) is 0.779. The fourth-order valence-electron chi connectivity index (χ4n) is 1.57. The lowest BCUT2D eigenvalue weighted by Gasteiger charge is -2.00. The minimum Gasteiger partial charge on any atom is -0.508 e. The molecule has 0 atom stereocenters. The van der Waals surface area contributed by atoms with E-state index < -0.39 is 4.92 Å². The average molecular weight is 273 g/mol. The third-order valence-electron chi connectivity index (χ3n) is 2.55. The lowest BCUT2D eigenvalue weighted by atomic mass is 10.2. The molecule has 0 fully saturated rings. The van der Waals surface area contributed by atoms with Crippen molar-refractivity contribution in [3.05, 3.63) is 52.1 Å². The summed E-state index contributed by atoms with van der Waals surface area (Å²) in [6, 6.07) is 8.35. The number of aryl methyl sites for hydroxylation is 1. The van der Waals surface area contributed by atoms with E-state index in [1.165, 1.54) is 24.3 Å². The molecule has 0 spiro atoms. The summed E-state index contributed by atoms with van der Waals surface area (Å²) in [4.78, 5) is 10.4. The highest BCUT2D eigenvalue weighted by Crippen LogP contribution is 2.33. The van der Waals surface area contributed by atoms with Crippen molar-refractivity contribution < 1.29 is 15.1 Å². The molecule has 0 aliphatic heterocycles. The van der Waals surface area contributed by atoms with Crippen LogP contribution >= 0.6 is 0 Å². The summed E-state index contributed by atoms with van der Waals surface area (Å²) >= 11 is 0. The molecule has 0 bridgehead atoms. The van der Waals surface area contributed by atoms with E-state index in [0.717, 1.165) is 11.6 Å². The van der Waals surface area contributed by atoms with Gasteiger partial charge in [0.1, 0.15) is 17.2 Å². The summed E-state index contributed by atoms with van der Waals surface area (Å²) < 4.78 is 0. The second-order valence-electron chi connectivity index (χ2n) is 4.12. The molecule has 2 aromatic rings. The third kappa shape index (κ3) is 2.89. The molecule has 0 amide bonds.